The van der Waals surface area contributed by atoms with Gasteiger partial charge in [-0.1, -0.05) is 18.2 Å². The molecule has 0 aliphatic carbocycles. The number of thiophene rings is 1. The molecule has 1 aromatic carbocycles. The maximum Gasteiger partial charge on any atom is 0.0831 e. The lowest BCUT2D eigenvalue weighted by molar-refractivity contribution is 0.849. The molecule has 0 aliphatic heterocycles. The number of nitrogens with zero attached hydrogens (tertiary/aromatic N) is 1. The number of rotatable bonds is 2. The second-order valence-electron chi connectivity index (χ2n) is 4.49. The second kappa shape index (κ2) is 5.04. The number of pyridine rings is 1. The summed E-state index contributed by atoms with van der Waals surface area (Å²) < 4.78 is 1.05. The number of hydrogen-bond acceptors (Lipinski definition) is 3. The minimum Gasteiger partial charge on any atom is -0.318 e. The van der Waals surface area contributed by atoms with Crippen molar-refractivity contribution in [3.63, 3.8) is 0 Å². The van der Waals surface area contributed by atoms with E-state index in [0.717, 1.165) is 20.6 Å². The van der Waals surface area contributed by atoms with Gasteiger partial charge < -0.3 is 5.73 Å². The first-order valence-electron chi connectivity index (χ1n) is 6.01. The predicted molar refractivity (Wildman–Crippen MR) is 84.5 cm³/mol. The van der Waals surface area contributed by atoms with Crippen molar-refractivity contribution in [1.29, 1.82) is 0 Å². The van der Waals surface area contributed by atoms with E-state index >= 15 is 0 Å². The van der Waals surface area contributed by atoms with Crippen LogP contribution in [0.2, 0.25) is 0 Å². The first-order chi connectivity index (χ1) is 9.16. The number of hydrogen-bond donors (Lipinski definition) is 1. The molecule has 2 nitrogen and oxygen atoms in total. The molecule has 3 aromatic rings. The number of halogens is 1. The van der Waals surface area contributed by atoms with Crippen LogP contribution in [0.3, 0.4) is 0 Å². The molecule has 2 N–H and O–H groups in total. The average molecular weight is 333 g/mol. The third kappa shape index (κ3) is 2.31. The fraction of sp³-hybridized carbons (Fsp3) is 0.133. The van der Waals surface area contributed by atoms with E-state index in [1.807, 2.05) is 29.6 Å². The zero-order valence-electron chi connectivity index (χ0n) is 10.4. The second-order valence-corrected chi connectivity index (χ2v) is 6.29. The molecule has 4 heteroatoms. The molecule has 0 bridgehead atoms. The Balaban J connectivity index is 2.13. The maximum absolute atomic E-state index is 6.34. The lowest BCUT2D eigenvalue weighted by Gasteiger charge is -2.12. The Morgan fingerprint density at radius 1 is 1.26 bits per heavy atom. The molecule has 3 rings (SSSR count). The zero-order chi connectivity index (χ0) is 13.4. The normalized spacial score (nSPS) is 12.8. The van der Waals surface area contributed by atoms with Crippen molar-refractivity contribution in [3.8, 4) is 0 Å². The Kier molecular flexibility index (Phi) is 3.39. The highest BCUT2D eigenvalue weighted by Gasteiger charge is 2.16. The standard InChI is InChI=1S/C15H13BrN2S/c1-9-8-13(14(17)15-11(16)6-7-19-15)18-12-5-3-2-4-10(9)12/h2-8,14H,17H2,1H3. The van der Waals surface area contributed by atoms with Crippen LogP contribution in [-0.4, -0.2) is 4.98 Å². The van der Waals surface area contributed by atoms with Gasteiger partial charge in [0.25, 0.3) is 0 Å². The fourth-order valence-corrected chi connectivity index (χ4v) is 3.83. The summed E-state index contributed by atoms with van der Waals surface area (Å²) >= 11 is 5.19. The van der Waals surface area contributed by atoms with Gasteiger partial charge in [0.15, 0.2) is 0 Å². The summed E-state index contributed by atoms with van der Waals surface area (Å²) in [5, 5.41) is 3.22. The van der Waals surface area contributed by atoms with Gasteiger partial charge in [-0.2, -0.15) is 0 Å². The molecule has 0 saturated heterocycles. The van der Waals surface area contributed by atoms with Crippen molar-refractivity contribution in [1.82, 2.24) is 4.98 Å². The summed E-state index contributed by atoms with van der Waals surface area (Å²) in [6.07, 6.45) is 0. The molecular weight excluding hydrogens is 320 g/mol. The number of nitrogens with two attached hydrogens (primary N) is 1. The van der Waals surface area contributed by atoms with E-state index in [0.29, 0.717) is 0 Å². The highest BCUT2D eigenvalue weighted by Crippen LogP contribution is 2.32. The third-order valence-electron chi connectivity index (χ3n) is 3.19. The van der Waals surface area contributed by atoms with Gasteiger partial charge in [-0.25, -0.2) is 0 Å². The molecule has 2 heterocycles. The molecule has 0 aliphatic rings. The van der Waals surface area contributed by atoms with Gasteiger partial charge in [0.2, 0.25) is 0 Å². The van der Waals surface area contributed by atoms with E-state index in [1.54, 1.807) is 11.3 Å². The molecule has 0 amide bonds. The first kappa shape index (κ1) is 12.8. The van der Waals surface area contributed by atoms with Crippen molar-refractivity contribution in [2.24, 2.45) is 5.73 Å². The largest absolute Gasteiger partial charge is 0.318 e. The van der Waals surface area contributed by atoms with Crippen LogP contribution in [0.4, 0.5) is 0 Å². The molecule has 0 fully saturated rings. The van der Waals surface area contributed by atoms with Crippen LogP contribution in [-0.2, 0) is 0 Å². The van der Waals surface area contributed by atoms with Crippen LogP contribution in [0.1, 0.15) is 22.2 Å². The molecular formula is C15H13BrN2S. The summed E-state index contributed by atoms with van der Waals surface area (Å²) in [5.41, 5.74) is 9.47. The number of para-hydroxylation sites is 1. The number of fused-ring (bicyclic) bond motifs is 1. The molecule has 0 saturated carbocycles. The quantitative estimate of drug-likeness (QED) is 0.754. The van der Waals surface area contributed by atoms with Crippen LogP contribution in [0.5, 0.6) is 0 Å². The molecule has 0 radical (unpaired) electrons. The minimum absolute atomic E-state index is 0.183. The highest BCUT2D eigenvalue weighted by molar-refractivity contribution is 9.10. The van der Waals surface area contributed by atoms with E-state index in [2.05, 4.69) is 35.0 Å². The van der Waals surface area contributed by atoms with E-state index in [1.165, 1.54) is 10.9 Å². The zero-order valence-corrected chi connectivity index (χ0v) is 12.8. The van der Waals surface area contributed by atoms with Gasteiger partial charge in [-0.15, -0.1) is 11.3 Å². The molecule has 1 atom stereocenters. The van der Waals surface area contributed by atoms with Gasteiger partial charge in [0.05, 0.1) is 17.3 Å². The van der Waals surface area contributed by atoms with Crippen LogP contribution in [0.15, 0.2) is 46.3 Å². The van der Waals surface area contributed by atoms with Crippen molar-refractivity contribution >= 4 is 38.2 Å². The topological polar surface area (TPSA) is 38.9 Å². The van der Waals surface area contributed by atoms with E-state index < -0.39 is 0 Å². The lowest BCUT2D eigenvalue weighted by atomic mass is 10.1. The highest BCUT2D eigenvalue weighted by atomic mass is 79.9. The molecule has 0 spiro atoms. The van der Waals surface area contributed by atoms with E-state index in [9.17, 15) is 0 Å². The predicted octanol–water partition coefficient (Wildman–Crippen LogP) is 4.42. The summed E-state index contributed by atoms with van der Waals surface area (Å²) in [7, 11) is 0. The first-order valence-corrected chi connectivity index (χ1v) is 7.69. The van der Waals surface area contributed by atoms with Crippen LogP contribution >= 0.6 is 27.3 Å². The van der Waals surface area contributed by atoms with Gasteiger partial charge in [0.1, 0.15) is 0 Å². The molecule has 96 valence electrons. The van der Waals surface area contributed by atoms with Crippen molar-refractivity contribution in [3.05, 3.63) is 62.4 Å². The Morgan fingerprint density at radius 2 is 2.05 bits per heavy atom. The number of benzene rings is 1. The Morgan fingerprint density at radius 3 is 2.79 bits per heavy atom. The summed E-state index contributed by atoms with van der Waals surface area (Å²) in [6.45, 7) is 2.10. The maximum atomic E-state index is 6.34. The molecule has 1 unspecified atom stereocenters. The summed E-state index contributed by atoms with van der Waals surface area (Å²) in [6, 6.07) is 12.1. The number of aromatic nitrogens is 1. The van der Waals surface area contributed by atoms with Gasteiger partial charge in [0, 0.05) is 14.7 Å². The fourth-order valence-electron chi connectivity index (χ4n) is 2.20. The Bertz CT molecular complexity index is 736. The Labute approximate surface area is 124 Å². The van der Waals surface area contributed by atoms with Gasteiger partial charge in [-0.3, -0.25) is 4.98 Å². The van der Waals surface area contributed by atoms with Crippen LogP contribution in [0, 0.1) is 6.92 Å². The van der Waals surface area contributed by atoms with Crippen molar-refractivity contribution in [2.75, 3.05) is 0 Å². The van der Waals surface area contributed by atoms with Crippen molar-refractivity contribution < 1.29 is 0 Å². The van der Waals surface area contributed by atoms with Gasteiger partial charge >= 0.3 is 0 Å². The van der Waals surface area contributed by atoms with E-state index in [4.69, 9.17) is 10.7 Å². The summed E-state index contributed by atoms with van der Waals surface area (Å²) in [4.78, 5) is 5.81. The minimum atomic E-state index is -0.183. The van der Waals surface area contributed by atoms with Gasteiger partial charge in [-0.05, 0) is 52.0 Å². The van der Waals surface area contributed by atoms with Crippen LogP contribution < -0.4 is 5.73 Å². The van der Waals surface area contributed by atoms with Crippen molar-refractivity contribution in [2.45, 2.75) is 13.0 Å². The monoisotopic (exact) mass is 332 g/mol. The molecule has 19 heavy (non-hydrogen) atoms. The van der Waals surface area contributed by atoms with E-state index in [-0.39, 0.29) is 6.04 Å². The van der Waals surface area contributed by atoms with Crippen LogP contribution in [0.25, 0.3) is 10.9 Å². The lowest BCUT2D eigenvalue weighted by Crippen LogP contribution is -2.13. The number of aryl methyl sites for hydroxylation is 1. The molecule has 2 aromatic heterocycles. The smallest absolute Gasteiger partial charge is 0.0831 e. The third-order valence-corrected chi connectivity index (χ3v) is 5.14. The summed E-state index contributed by atoms with van der Waals surface area (Å²) in [5.74, 6) is 0. The SMILES string of the molecule is Cc1cc(C(N)c2sccc2Br)nc2ccccc12. The Hall–Kier alpha value is -1.23. The average Bonchev–Trinajstić information content (AvgIpc) is 2.84.